The minimum atomic E-state index is -1.14. The molecule has 1 saturated carbocycles. The van der Waals surface area contributed by atoms with Crippen molar-refractivity contribution in [2.24, 2.45) is 5.92 Å². The normalized spacial score (nSPS) is 17.0. The van der Waals surface area contributed by atoms with Crippen LogP contribution in [0.5, 0.6) is 5.75 Å². The van der Waals surface area contributed by atoms with Crippen molar-refractivity contribution in [1.82, 2.24) is 26.2 Å². The van der Waals surface area contributed by atoms with Gasteiger partial charge in [0.25, 0.3) is 0 Å². The van der Waals surface area contributed by atoms with Crippen LogP contribution in [0.4, 0.5) is 4.79 Å². The molecule has 5 atom stereocenters. The van der Waals surface area contributed by atoms with Gasteiger partial charge >= 0.3 is 12.1 Å². The predicted molar refractivity (Wildman–Crippen MR) is 215 cm³/mol. The average Bonchev–Trinajstić information content (AvgIpc) is 3.14. The molecule has 2 aromatic carbocycles. The second-order valence-corrected chi connectivity index (χ2v) is 16.3. The quantitative estimate of drug-likeness (QED) is 0.148. The van der Waals surface area contributed by atoms with E-state index < -0.39 is 54.1 Å². The minimum absolute atomic E-state index is 0.0538. The van der Waals surface area contributed by atoms with E-state index in [1.807, 2.05) is 36.6 Å². The molecule has 56 heavy (non-hydrogen) atoms. The number of esters is 1. The number of phenolic OH excluding ortho intramolecular Hbond substituents is 1. The van der Waals surface area contributed by atoms with Crippen LogP contribution >= 0.6 is 11.8 Å². The number of benzene rings is 2. The summed E-state index contributed by atoms with van der Waals surface area (Å²) in [6, 6.07) is 9.02. The zero-order valence-corrected chi connectivity index (χ0v) is 34.7. The highest BCUT2D eigenvalue weighted by Crippen LogP contribution is 2.26. The van der Waals surface area contributed by atoms with Crippen LogP contribution in [-0.4, -0.2) is 108 Å². The molecule has 0 radical (unpaired) electrons. The number of methoxy groups -OCH3 is 1. The van der Waals surface area contributed by atoms with Crippen molar-refractivity contribution in [2.45, 2.75) is 109 Å². The fourth-order valence-electron chi connectivity index (χ4n) is 6.76. The number of rotatable bonds is 17. The standard InChI is InChI=1S/C41H59N5O9S/c1-25-19-30(47)20-26(2)31(25)23-33(45-40(53)55-41(3,4)5)37(50)44-32(17-18-56-8)36(49)42-24-35(48)46(6)34(21-27-13-10-9-11-14-27)38(51)43-29-16-12-15-28(22-29)39(52)54-7/h9-11,13-14,19-20,28-29,32-34,47H,12,15-18,21-24H2,1-8H3,(H,42,49)(H,43,51)(H,44,50)(H,45,53)/t28-,29+,32-,33+,34+/m1/s1. The molecule has 14 nitrogen and oxygen atoms in total. The van der Waals surface area contributed by atoms with Gasteiger partial charge in [0.1, 0.15) is 29.5 Å². The molecule has 0 aromatic heterocycles. The number of amides is 5. The van der Waals surface area contributed by atoms with Crippen molar-refractivity contribution >= 4 is 47.5 Å². The topological polar surface area (TPSA) is 192 Å². The summed E-state index contributed by atoms with van der Waals surface area (Å²) >= 11 is 1.47. The monoisotopic (exact) mass is 797 g/mol. The van der Waals surface area contributed by atoms with E-state index in [1.54, 1.807) is 46.8 Å². The summed E-state index contributed by atoms with van der Waals surface area (Å²) < 4.78 is 10.4. The first-order valence-electron chi connectivity index (χ1n) is 19.0. The van der Waals surface area contributed by atoms with Crippen molar-refractivity contribution in [1.29, 1.82) is 0 Å². The maximum atomic E-state index is 13.9. The van der Waals surface area contributed by atoms with E-state index in [0.29, 0.717) is 36.1 Å². The molecule has 5 amide bonds. The van der Waals surface area contributed by atoms with Gasteiger partial charge in [0.2, 0.25) is 23.6 Å². The van der Waals surface area contributed by atoms with Crippen LogP contribution < -0.4 is 21.3 Å². The third-order valence-electron chi connectivity index (χ3n) is 9.74. The Morgan fingerprint density at radius 3 is 2.20 bits per heavy atom. The molecule has 1 aliphatic rings. The first-order valence-corrected chi connectivity index (χ1v) is 20.3. The number of likely N-dealkylation sites (N-methyl/N-ethyl adjacent to an activating group) is 1. The average molecular weight is 798 g/mol. The van der Waals surface area contributed by atoms with Gasteiger partial charge in [-0.2, -0.15) is 11.8 Å². The molecular formula is C41H59N5O9S. The lowest BCUT2D eigenvalue weighted by atomic mass is 9.85. The van der Waals surface area contributed by atoms with Gasteiger partial charge in [-0.25, -0.2) is 4.79 Å². The van der Waals surface area contributed by atoms with Crippen LogP contribution in [0.3, 0.4) is 0 Å². The number of nitrogens with zero attached hydrogens (tertiary/aromatic N) is 1. The first kappa shape index (κ1) is 45.6. The Labute approximate surface area is 334 Å². The van der Waals surface area contributed by atoms with Gasteiger partial charge in [-0.1, -0.05) is 36.8 Å². The molecule has 2 aromatic rings. The Kier molecular flexibility index (Phi) is 17.5. The minimum Gasteiger partial charge on any atom is -0.508 e. The van der Waals surface area contributed by atoms with Crippen LogP contribution in [-0.2, 0) is 46.3 Å². The van der Waals surface area contributed by atoms with E-state index in [-0.39, 0.29) is 48.8 Å². The van der Waals surface area contributed by atoms with E-state index in [2.05, 4.69) is 21.3 Å². The number of nitrogens with one attached hydrogen (secondary N) is 4. The Balaban J connectivity index is 1.76. The number of carbonyl (C=O) groups excluding carboxylic acids is 6. The zero-order valence-electron chi connectivity index (χ0n) is 33.9. The number of carbonyl (C=O) groups is 6. The molecular weight excluding hydrogens is 739 g/mol. The number of thioether (sulfide) groups is 1. The first-order chi connectivity index (χ1) is 26.4. The summed E-state index contributed by atoms with van der Waals surface area (Å²) in [6.07, 6.45) is 4.11. The molecule has 15 heteroatoms. The highest BCUT2D eigenvalue weighted by atomic mass is 32.2. The van der Waals surface area contributed by atoms with E-state index in [4.69, 9.17) is 9.47 Å². The van der Waals surface area contributed by atoms with Crippen molar-refractivity contribution in [3.63, 3.8) is 0 Å². The van der Waals surface area contributed by atoms with Crippen LogP contribution in [0.1, 0.15) is 75.1 Å². The van der Waals surface area contributed by atoms with E-state index >= 15 is 0 Å². The molecule has 1 aliphatic carbocycles. The lowest BCUT2D eigenvalue weighted by molar-refractivity contribution is -0.147. The fraction of sp³-hybridized carbons (Fsp3) is 0.561. The van der Waals surface area contributed by atoms with Crippen molar-refractivity contribution in [2.75, 3.05) is 32.7 Å². The number of aryl methyl sites for hydroxylation is 2. The van der Waals surface area contributed by atoms with Crippen LogP contribution in [0.2, 0.25) is 0 Å². The maximum Gasteiger partial charge on any atom is 0.408 e. The van der Waals surface area contributed by atoms with E-state index in [0.717, 1.165) is 17.5 Å². The molecule has 0 aliphatic heterocycles. The number of hydrogen-bond donors (Lipinski definition) is 5. The molecule has 0 spiro atoms. The molecule has 1 fully saturated rings. The summed E-state index contributed by atoms with van der Waals surface area (Å²) in [7, 11) is 2.85. The van der Waals surface area contributed by atoms with Crippen molar-refractivity contribution in [3.8, 4) is 5.75 Å². The molecule has 5 N–H and O–H groups in total. The van der Waals surface area contributed by atoms with Gasteiger partial charge in [-0.3, -0.25) is 24.0 Å². The Hall–Kier alpha value is -4.79. The van der Waals surface area contributed by atoms with Crippen molar-refractivity contribution in [3.05, 3.63) is 64.7 Å². The third-order valence-corrected chi connectivity index (χ3v) is 10.4. The lowest BCUT2D eigenvalue weighted by Crippen LogP contribution is -2.57. The summed E-state index contributed by atoms with van der Waals surface area (Å²) in [5.74, 6) is -2.19. The zero-order chi connectivity index (χ0) is 41.6. The number of aromatic hydroxyl groups is 1. The van der Waals surface area contributed by atoms with Crippen LogP contribution in [0, 0.1) is 19.8 Å². The van der Waals surface area contributed by atoms with Gasteiger partial charge < -0.3 is 40.7 Å². The molecule has 0 saturated heterocycles. The second-order valence-electron chi connectivity index (χ2n) is 15.3. The maximum absolute atomic E-state index is 13.9. The van der Waals surface area contributed by atoms with Gasteiger partial charge in [0.15, 0.2) is 0 Å². The Morgan fingerprint density at radius 1 is 0.929 bits per heavy atom. The number of alkyl carbamates (subject to hydrolysis) is 1. The highest BCUT2D eigenvalue weighted by Gasteiger charge is 2.34. The largest absolute Gasteiger partial charge is 0.508 e. The predicted octanol–water partition coefficient (Wildman–Crippen LogP) is 3.72. The molecule has 0 unspecified atom stereocenters. The fourth-order valence-corrected chi connectivity index (χ4v) is 7.23. The lowest BCUT2D eigenvalue weighted by Gasteiger charge is -2.32. The van der Waals surface area contributed by atoms with Gasteiger partial charge in [0, 0.05) is 25.9 Å². The summed E-state index contributed by atoms with van der Waals surface area (Å²) in [5, 5.41) is 21.2. The summed E-state index contributed by atoms with van der Waals surface area (Å²) in [4.78, 5) is 81.4. The van der Waals surface area contributed by atoms with Gasteiger partial charge in [-0.05, 0) is 107 Å². The number of hydrogen-bond acceptors (Lipinski definition) is 10. The number of ether oxygens (including phenoxy) is 2. The van der Waals surface area contributed by atoms with Crippen molar-refractivity contribution < 1.29 is 43.3 Å². The van der Waals surface area contributed by atoms with E-state index in [1.165, 1.54) is 30.8 Å². The second kappa shape index (κ2) is 21.5. The Morgan fingerprint density at radius 2 is 1.59 bits per heavy atom. The molecule has 3 rings (SSSR count). The Bertz CT molecular complexity index is 1660. The van der Waals surface area contributed by atoms with Crippen LogP contribution in [0.15, 0.2) is 42.5 Å². The van der Waals surface area contributed by atoms with E-state index in [9.17, 15) is 33.9 Å². The highest BCUT2D eigenvalue weighted by molar-refractivity contribution is 7.98. The molecule has 308 valence electrons. The van der Waals surface area contributed by atoms with Crippen LogP contribution in [0.25, 0.3) is 0 Å². The molecule has 0 bridgehead atoms. The summed E-state index contributed by atoms with van der Waals surface area (Å²) in [6.45, 7) is 8.23. The van der Waals surface area contributed by atoms with Gasteiger partial charge in [-0.15, -0.1) is 0 Å². The number of phenols is 1. The van der Waals surface area contributed by atoms with Gasteiger partial charge in [0.05, 0.1) is 19.6 Å². The SMILES string of the molecule is COC(=O)[C@@H]1CCC[C@H](NC(=O)[C@H](Cc2ccccc2)N(C)C(=O)CNC(=O)[C@@H](CCSC)NC(=O)[C@H](Cc2c(C)cc(O)cc2C)NC(=O)OC(C)(C)C)C1. The molecule has 0 heterocycles. The third kappa shape index (κ3) is 14.4. The summed E-state index contributed by atoms with van der Waals surface area (Å²) in [5.41, 5.74) is 2.17. The smallest absolute Gasteiger partial charge is 0.408 e.